The van der Waals surface area contributed by atoms with Gasteiger partial charge in [-0.2, -0.15) is 0 Å². The van der Waals surface area contributed by atoms with E-state index < -0.39 is 5.41 Å². The minimum atomic E-state index is -0.487. The molecule has 0 fully saturated rings. The van der Waals surface area contributed by atoms with Crippen LogP contribution in [0.4, 0.5) is 17.1 Å². The van der Waals surface area contributed by atoms with Crippen LogP contribution in [0.1, 0.15) is 22.3 Å². The summed E-state index contributed by atoms with van der Waals surface area (Å²) >= 11 is 1.87. The summed E-state index contributed by atoms with van der Waals surface area (Å²) in [6.07, 6.45) is 0. The van der Waals surface area contributed by atoms with Gasteiger partial charge in [0.2, 0.25) is 0 Å². The Labute approximate surface area is 360 Å². The first-order valence-corrected chi connectivity index (χ1v) is 21.8. The molecule has 0 spiro atoms. The van der Waals surface area contributed by atoms with Crippen molar-refractivity contribution in [3.05, 3.63) is 259 Å². The van der Waals surface area contributed by atoms with E-state index >= 15 is 0 Å². The van der Waals surface area contributed by atoms with Crippen molar-refractivity contribution in [2.24, 2.45) is 0 Å². The van der Waals surface area contributed by atoms with Gasteiger partial charge in [0.05, 0.1) is 15.8 Å². The van der Waals surface area contributed by atoms with Gasteiger partial charge in [-0.15, -0.1) is 11.3 Å². The number of hydrogen-bond acceptors (Lipinski definition) is 2. The molecule has 12 rings (SSSR count). The lowest BCUT2D eigenvalue weighted by Gasteiger charge is -2.34. The lowest BCUT2D eigenvalue weighted by atomic mass is 9.67. The number of fused-ring (bicyclic) bond motifs is 7. The predicted octanol–water partition coefficient (Wildman–Crippen LogP) is 16.4. The van der Waals surface area contributed by atoms with E-state index in [0.29, 0.717) is 0 Å². The van der Waals surface area contributed by atoms with Crippen LogP contribution in [0, 0.1) is 0 Å². The summed E-state index contributed by atoms with van der Waals surface area (Å²) in [5.41, 5.74) is 15.6. The molecule has 1 aromatic heterocycles. The monoisotopic (exact) mass is 793 g/mol. The van der Waals surface area contributed by atoms with Crippen LogP contribution in [0.25, 0.3) is 64.3 Å². The second-order valence-corrected chi connectivity index (χ2v) is 17.0. The third-order valence-electron chi connectivity index (χ3n) is 12.7. The zero-order chi connectivity index (χ0) is 40.3. The standard InChI is InChI=1S/C59H39NS/c1-4-17-40(18-5-1)41-31-35-46(36-32-41)60(54-29-16-27-50-49-25-13-15-30-55(49)61-58(50)54)47-37-33-42(34-38-47)56-48-24-11-10-19-43(48)39-53-57(56)51-26-12-14-28-52(51)59(53,44-20-6-2-7-21-44)45-22-8-3-9-23-45/h1-39H. The molecule has 1 heterocycles. The largest absolute Gasteiger partial charge is 0.309 e. The van der Waals surface area contributed by atoms with Crippen molar-refractivity contribution in [2.45, 2.75) is 5.41 Å². The lowest BCUT2D eigenvalue weighted by molar-refractivity contribution is 0.769. The number of anilines is 3. The molecule has 11 aromatic rings. The average Bonchev–Trinajstić information content (AvgIpc) is 3.87. The van der Waals surface area contributed by atoms with Crippen LogP contribution >= 0.6 is 11.3 Å². The molecule has 1 nitrogen and oxygen atoms in total. The fraction of sp³-hybridized carbons (Fsp3) is 0.0169. The van der Waals surface area contributed by atoms with E-state index in [1.165, 1.54) is 92.3 Å². The van der Waals surface area contributed by atoms with Crippen LogP contribution in [0.5, 0.6) is 0 Å². The molecule has 0 saturated carbocycles. The number of thiophene rings is 1. The quantitative estimate of drug-likeness (QED) is 0.155. The van der Waals surface area contributed by atoms with Crippen molar-refractivity contribution in [3.63, 3.8) is 0 Å². The number of nitrogens with zero attached hydrogens (tertiary/aromatic N) is 1. The smallest absolute Gasteiger partial charge is 0.0714 e. The Kier molecular flexibility index (Phi) is 8.33. The normalized spacial score (nSPS) is 12.7. The van der Waals surface area contributed by atoms with Gasteiger partial charge in [0, 0.05) is 26.8 Å². The molecule has 10 aromatic carbocycles. The third kappa shape index (κ3) is 5.53. The van der Waals surface area contributed by atoms with E-state index in [-0.39, 0.29) is 0 Å². The summed E-state index contributed by atoms with van der Waals surface area (Å²) in [5.74, 6) is 0. The van der Waals surface area contributed by atoms with Gasteiger partial charge in [-0.3, -0.25) is 0 Å². The van der Waals surface area contributed by atoms with E-state index in [0.717, 1.165) is 11.4 Å². The highest BCUT2D eigenvalue weighted by atomic mass is 32.1. The van der Waals surface area contributed by atoms with Crippen molar-refractivity contribution in [1.29, 1.82) is 0 Å². The van der Waals surface area contributed by atoms with Gasteiger partial charge >= 0.3 is 0 Å². The number of benzene rings is 10. The summed E-state index contributed by atoms with van der Waals surface area (Å²) in [4.78, 5) is 2.44. The van der Waals surface area contributed by atoms with Gasteiger partial charge in [0.15, 0.2) is 0 Å². The van der Waals surface area contributed by atoms with Gasteiger partial charge in [0.1, 0.15) is 0 Å². The second-order valence-electron chi connectivity index (χ2n) is 16.0. The maximum Gasteiger partial charge on any atom is 0.0714 e. The summed E-state index contributed by atoms with van der Waals surface area (Å²) in [6, 6.07) is 87.2. The minimum Gasteiger partial charge on any atom is -0.309 e. The minimum absolute atomic E-state index is 0.487. The topological polar surface area (TPSA) is 3.24 Å². The molecule has 1 aliphatic carbocycles. The molecule has 0 unspecified atom stereocenters. The molecular formula is C59H39NS. The van der Waals surface area contributed by atoms with Crippen molar-refractivity contribution < 1.29 is 0 Å². The van der Waals surface area contributed by atoms with Crippen LogP contribution in [-0.4, -0.2) is 0 Å². The van der Waals surface area contributed by atoms with Gasteiger partial charge in [-0.1, -0.05) is 194 Å². The molecule has 61 heavy (non-hydrogen) atoms. The third-order valence-corrected chi connectivity index (χ3v) is 13.9. The first-order valence-electron chi connectivity index (χ1n) is 21.0. The maximum atomic E-state index is 2.47. The molecule has 1 aliphatic rings. The van der Waals surface area contributed by atoms with Crippen LogP contribution < -0.4 is 4.90 Å². The Morgan fingerprint density at radius 2 is 0.902 bits per heavy atom. The maximum absolute atomic E-state index is 2.47. The van der Waals surface area contributed by atoms with E-state index in [4.69, 9.17) is 0 Å². The zero-order valence-electron chi connectivity index (χ0n) is 33.4. The van der Waals surface area contributed by atoms with Crippen molar-refractivity contribution >= 4 is 59.3 Å². The molecule has 0 aliphatic heterocycles. The lowest BCUT2D eigenvalue weighted by Crippen LogP contribution is -2.28. The highest BCUT2D eigenvalue weighted by Crippen LogP contribution is 2.60. The Hall–Kier alpha value is -7.52. The van der Waals surface area contributed by atoms with Crippen LogP contribution in [-0.2, 0) is 5.41 Å². The fourth-order valence-electron chi connectivity index (χ4n) is 10.1. The van der Waals surface area contributed by atoms with Crippen molar-refractivity contribution in [2.75, 3.05) is 4.90 Å². The first kappa shape index (κ1) is 35.4. The second kappa shape index (κ2) is 14.3. The Bertz CT molecular complexity index is 3350. The van der Waals surface area contributed by atoms with Gasteiger partial charge < -0.3 is 4.90 Å². The summed E-state index contributed by atoms with van der Waals surface area (Å²) in [7, 11) is 0. The van der Waals surface area contributed by atoms with Gasteiger partial charge in [-0.25, -0.2) is 0 Å². The van der Waals surface area contributed by atoms with E-state index in [9.17, 15) is 0 Å². The van der Waals surface area contributed by atoms with Crippen molar-refractivity contribution in [3.8, 4) is 33.4 Å². The molecule has 0 bridgehead atoms. The molecule has 2 heteroatoms. The highest BCUT2D eigenvalue weighted by molar-refractivity contribution is 7.26. The van der Waals surface area contributed by atoms with Gasteiger partial charge in [-0.05, 0) is 109 Å². The van der Waals surface area contributed by atoms with E-state index in [1.54, 1.807) is 0 Å². The molecule has 0 saturated heterocycles. The molecule has 0 atom stereocenters. The Morgan fingerprint density at radius 3 is 1.61 bits per heavy atom. The van der Waals surface area contributed by atoms with Crippen LogP contribution in [0.2, 0.25) is 0 Å². The van der Waals surface area contributed by atoms with E-state index in [2.05, 4.69) is 241 Å². The summed E-state index contributed by atoms with van der Waals surface area (Å²) < 4.78 is 2.58. The molecule has 286 valence electrons. The predicted molar refractivity (Wildman–Crippen MR) is 260 cm³/mol. The average molecular weight is 794 g/mol. The Balaban J connectivity index is 1.08. The number of hydrogen-bond donors (Lipinski definition) is 0. The molecular weight excluding hydrogens is 755 g/mol. The molecule has 0 radical (unpaired) electrons. The van der Waals surface area contributed by atoms with Crippen LogP contribution in [0.3, 0.4) is 0 Å². The van der Waals surface area contributed by atoms with Gasteiger partial charge in [0.25, 0.3) is 0 Å². The first-order chi connectivity index (χ1) is 30.3. The van der Waals surface area contributed by atoms with Crippen molar-refractivity contribution in [1.82, 2.24) is 0 Å². The van der Waals surface area contributed by atoms with Crippen LogP contribution in [0.15, 0.2) is 237 Å². The number of rotatable bonds is 7. The zero-order valence-corrected chi connectivity index (χ0v) is 34.2. The SMILES string of the molecule is c1ccc(-c2ccc(N(c3ccc(-c4c5c(cc6ccccc46)C(c4ccccc4)(c4ccccc4)c4ccccc4-5)cc3)c3cccc4c3sc3ccccc34)cc2)cc1. The summed E-state index contributed by atoms with van der Waals surface area (Å²) in [5, 5.41) is 5.07. The Morgan fingerprint density at radius 1 is 0.361 bits per heavy atom. The van der Waals surface area contributed by atoms with E-state index in [1.807, 2.05) is 11.3 Å². The molecule has 0 amide bonds. The highest BCUT2D eigenvalue weighted by Gasteiger charge is 2.47. The fourth-order valence-corrected chi connectivity index (χ4v) is 11.3. The summed E-state index contributed by atoms with van der Waals surface area (Å²) in [6.45, 7) is 0. The molecule has 0 N–H and O–H groups in total.